The lowest BCUT2D eigenvalue weighted by molar-refractivity contribution is 0.189. The van der Waals surface area contributed by atoms with Crippen LogP contribution < -0.4 is 41.5 Å². The highest BCUT2D eigenvalue weighted by molar-refractivity contribution is 7.12. The lowest BCUT2D eigenvalue weighted by Gasteiger charge is -2.49. The molecule has 0 atom stereocenters. The molecule has 8 rings (SSSR count). The first-order valence-electron chi connectivity index (χ1n) is 24.6. The highest BCUT2D eigenvalue weighted by Gasteiger charge is 2.64. The Morgan fingerprint density at radius 3 is 0.681 bits per heavy atom. The van der Waals surface area contributed by atoms with Crippen molar-refractivity contribution >= 4 is 101 Å². The van der Waals surface area contributed by atoms with E-state index in [0.29, 0.717) is 0 Å². The molecule has 72 heavy (non-hydrogen) atoms. The highest BCUT2D eigenvalue weighted by atomic mass is 28.5. The number of rotatable bonds is 22. The summed E-state index contributed by atoms with van der Waals surface area (Å²) in [7, 11) is -26.0. The molecule has 15 heteroatoms. The van der Waals surface area contributed by atoms with Crippen molar-refractivity contribution < 1.29 is 33.9 Å². The third kappa shape index (κ3) is 12.1. The van der Waals surface area contributed by atoms with E-state index in [1.807, 2.05) is 85.9 Å². The third-order valence-corrected chi connectivity index (χ3v) is 39.3. The van der Waals surface area contributed by atoms with Crippen LogP contribution in [0.2, 0.25) is 39.3 Å². The molecule has 0 saturated heterocycles. The Labute approximate surface area is 434 Å². The molecule has 0 amide bonds. The quantitative estimate of drug-likeness (QED) is 0.0695. The van der Waals surface area contributed by atoms with Crippen LogP contribution in [0.3, 0.4) is 0 Å². The van der Waals surface area contributed by atoms with Gasteiger partial charge in [0.05, 0.1) is 0 Å². The van der Waals surface area contributed by atoms with Gasteiger partial charge in [-0.1, -0.05) is 243 Å². The van der Waals surface area contributed by atoms with Gasteiger partial charge in [-0.3, -0.25) is 0 Å². The summed E-state index contributed by atoms with van der Waals surface area (Å²) in [6.07, 6.45) is -0.246. The van der Waals surface area contributed by atoms with E-state index in [-0.39, 0.29) is 6.10 Å². The second-order valence-corrected chi connectivity index (χ2v) is 42.6. The monoisotopic (exact) mass is 1070 g/mol. The first-order valence-corrected chi connectivity index (χ1v) is 40.3. The summed E-state index contributed by atoms with van der Waals surface area (Å²) in [6, 6.07) is 83.1. The average Bonchev–Trinajstić information content (AvgIpc) is 3.38. The fraction of sp³-hybridized carbons (Fsp3) is 0.158. The Hall–Kier alpha value is -5.04. The van der Waals surface area contributed by atoms with E-state index in [4.69, 9.17) is 29.1 Å². The van der Waals surface area contributed by atoms with Crippen LogP contribution in [0.4, 0.5) is 0 Å². The molecule has 8 aromatic carbocycles. The summed E-state index contributed by atoms with van der Waals surface area (Å²) in [5, 5.41) is 7.11. The molecular weight excluding hydrogens is 1010 g/mol. The molecule has 0 saturated carbocycles. The molecule has 8 nitrogen and oxygen atoms in total. The Morgan fingerprint density at radius 1 is 0.264 bits per heavy atom. The molecule has 0 aliphatic heterocycles. The van der Waals surface area contributed by atoms with Crippen molar-refractivity contribution in [2.24, 2.45) is 0 Å². The van der Waals surface area contributed by atoms with E-state index in [1.165, 1.54) is 0 Å². The zero-order chi connectivity index (χ0) is 50.9. The molecule has 0 aromatic heterocycles. The van der Waals surface area contributed by atoms with Gasteiger partial charge in [0.2, 0.25) is 0 Å². The summed E-state index contributed by atoms with van der Waals surface area (Å²) in [4.78, 5) is 11.1. The second kappa shape index (κ2) is 22.6. The van der Waals surface area contributed by atoms with Crippen molar-refractivity contribution in [3.63, 3.8) is 0 Å². The molecule has 370 valence electrons. The van der Waals surface area contributed by atoms with Gasteiger partial charge >= 0.3 is 59.9 Å². The average molecular weight is 1080 g/mol. The van der Waals surface area contributed by atoms with Gasteiger partial charge in [0.1, 0.15) is 0 Å². The van der Waals surface area contributed by atoms with Crippen molar-refractivity contribution in [2.45, 2.75) is 59.2 Å². The first kappa shape index (κ1) is 53.3. The number of hydrogen-bond acceptors (Lipinski definition) is 8. The molecule has 0 spiro atoms. The molecule has 0 aliphatic rings. The lowest BCUT2D eigenvalue weighted by atomic mass is 10.4. The van der Waals surface area contributed by atoms with E-state index in [0.717, 1.165) is 41.5 Å². The molecule has 0 bridgehead atoms. The predicted molar refractivity (Wildman–Crippen MR) is 309 cm³/mol. The van der Waals surface area contributed by atoms with Crippen molar-refractivity contribution in [1.29, 1.82) is 0 Å². The van der Waals surface area contributed by atoms with E-state index >= 15 is 0 Å². The standard InChI is InChI=1S/C57H66O8Si7/c1-49(2)59-69(50-33-17-9-18-34-50,51-35-19-10-20-36-51)63-71(54-41-25-13-26-42-54,55-43-27-14-28-44-55)65-72(56-45-29-15-30-46-56,57-47-31-16-32-48-57)64-70(52-37-21-11-22-38-52,53-39-23-12-24-40-53)62-68(7,8)61-67(5,6)60-66(3,4)58/h9-49,58H,1-8H3. The van der Waals surface area contributed by atoms with Crippen LogP contribution in [0.5, 0.6) is 0 Å². The fourth-order valence-electron chi connectivity index (χ4n) is 9.50. The summed E-state index contributed by atoms with van der Waals surface area (Å²) in [6.45, 7) is 15.8. The first-order chi connectivity index (χ1) is 34.5. The summed E-state index contributed by atoms with van der Waals surface area (Å²) < 4.78 is 55.2. The van der Waals surface area contributed by atoms with Crippen molar-refractivity contribution in [3.8, 4) is 0 Å². The lowest BCUT2D eigenvalue weighted by Crippen LogP contribution is -2.83. The maximum absolute atomic E-state index is 11.1. The Bertz CT molecular complexity index is 2750. The van der Waals surface area contributed by atoms with Crippen LogP contribution >= 0.6 is 0 Å². The molecule has 0 radical (unpaired) electrons. The Kier molecular flexibility index (Phi) is 16.7. The summed E-state index contributed by atoms with van der Waals surface area (Å²) in [5.74, 6) is 0. The SMILES string of the molecule is CC(C)O[Si](O[Si](O[Si](O[Si](O[Si](C)(C)O[Si](C)(C)O[Si](C)(C)O)(c1ccccc1)c1ccccc1)(c1ccccc1)c1ccccc1)(c1ccccc1)c1ccccc1)(c1ccccc1)c1ccccc1. The third-order valence-electron chi connectivity index (χ3n) is 11.9. The van der Waals surface area contributed by atoms with Crippen LogP contribution in [0.25, 0.3) is 0 Å². The normalized spacial score (nSPS) is 13.0. The van der Waals surface area contributed by atoms with Crippen molar-refractivity contribution in [3.05, 3.63) is 243 Å². The Morgan fingerprint density at radius 2 is 0.458 bits per heavy atom. The van der Waals surface area contributed by atoms with Gasteiger partial charge in [0.15, 0.2) is 0 Å². The van der Waals surface area contributed by atoms with Gasteiger partial charge in [0, 0.05) is 6.10 Å². The van der Waals surface area contributed by atoms with Gasteiger partial charge in [-0.05, 0) is 94.6 Å². The van der Waals surface area contributed by atoms with Crippen molar-refractivity contribution in [1.82, 2.24) is 0 Å². The fourth-order valence-corrected chi connectivity index (χ4v) is 43.5. The minimum absolute atomic E-state index is 0.246. The molecule has 0 heterocycles. The van der Waals surface area contributed by atoms with E-state index < -0.39 is 59.9 Å². The van der Waals surface area contributed by atoms with Crippen LogP contribution in [0.1, 0.15) is 13.8 Å². The van der Waals surface area contributed by atoms with Gasteiger partial charge < -0.3 is 33.9 Å². The zero-order valence-electron chi connectivity index (χ0n) is 42.5. The number of benzene rings is 8. The number of hydrogen-bond donors (Lipinski definition) is 1. The minimum Gasteiger partial charge on any atom is -0.416 e. The topological polar surface area (TPSA) is 84.8 Å². The predicted octanol–water partition coefficient (Wildman–Crippen LogP) is 7.64. The second-order valence-electron chi connectivity index (χ2n) is 19.4. The van der Waals surface area contributed by atoms with Gasteiger partial charge in [-0.25, -0.2) is 0 Å². The van der Waals surface area contributed by atoms with Crippen LogP contribution in [-0.4, -0.2) is 70.8 Å². The highest BCUT2D eigenvalue weighted by Crippen LogP contribution is 2.31. The van der Waals surface area contributed by atoms with E-state index in [1.54, 1.807) is 13.1 Å². The van der Waals surface area contributed by atoms with Gasteiger partial charge in [-0.2, -0.15) is 0 Å². The smallest absolute Gasteiger partial charge is 0.398 e. The molecule has 0 unspecified atom stereocenters. The maximum Gasteiger partial charge on any atom is 0.398 e. The molecule has 1 N–H and O–H groups in total. The van der Waals surface area contributed by atoms with Crippen LogP contribution in [-0.2, 0) is 29.1 Å². The van der Waals surface area contributed by atoms with Crippen LogP contribution in [0.15, 0.2) is 243 Å². The Balaban J connectivity index is 1.51. The molecular formula is C57H66O8Si7. The van der Waals surface area contributed by atoms with E-state index in [9.17, 15) is 4.80 Å². The van der Waals surface area contributed by atoms with Crippen molar-refractivity contribution in [2.75, 3.05) is 0 Å². The zero-order valence-corrected chi connectivity index (χ0v) is 49.5. The maximum atomic E-state index is 11.1. The largest absolute Gasteiger partial charge is 0.416 e. The summed E-state index contributed by atoms with van der Waals surface area (Å²) in [5.41, 5.74) is 0. The van der Waals surface area contributed by atoms with E-state index in [2.05, 4.69) is 197 Å². The van der Waals surface area contributed by atoms with Gasteiger partial charge in [0.25, 0.3) is 0 Å². The molecule has 0 fully saturated rings. The molecule has 0 aliphatic carbocycles. The minimum atomic E-state index is -4.33. The van der Waals surface area contributed by atoms with Gasteiger partial charge in [-0.15, -0.1) is 0 Å². The van der Waals surface area contributed by atoms with Crippen LogP contribution in [0, 0.1) is 0 Å². The molecule has 8 aromatic rings. The summed E-state index contributed by atoms with van der Waals surface area (Å²) >= 11 is 0.